The zero-order valence-corrected chi connectivity index (χ0v) is 60.6. The first-order chi connectivity index (χ1) is 45.5. The number of aliphatic hydroxyl groups excluding tert-OH is 8. The van der Waals surface area contributed by atoms with Gasteiger partial charge in [-0.15, -0.1) is 52.7 Å². The molecule has 4 aliphatic rings. The Labute approximate surface area is 564 Å². The number of fused-ring (bicyclic) bond motifs is 4. The Kier molecular flexibility index (Phi) is 23.7. The summed E-state index contributed by atoms with van der Waals surface area (Å²) in [7, 11) is 1.82. The van der Waals surface area contributed by atoms with Crippen LogP contribution in [0.4, 0.5) is 29.0 Å². The summed E-state index contributed by atoms with van der Waals surface area (Å²) >= 11 is 0. The number of nitrogens with two attached hydrogens (primary N) is 3. The van der Waals surface area contributed by atoms with E-state index >= 15 is 0 Å². The zero-order chi connectivity index (χ0) is 71.0. The number of aromatic nitrogens is 14. The van der Waals surface area contributed by atoms with E-state index in [0.29, 0.717) is 94.2 Å². The number of nitrogen functional groups attached to an aromatic ring is 3. The van der Waals surface area contributed by atoms with E-state index in [4.69, 9.17) is 36.1 Å². The van der Waals surface area contributed by atoms with E-state index in [-0.39, 0.29) is 11.8 Å². The predicted octanol–water partition coefficient (Wildman–Crippen LogP) is 2.92. The van der Waals surface area contributed by atoms with Crippen LogP contribution < -0.4 is 27.8 Å². The maximum Gasteiger partial charge on any atom is 0.204 e. The Hall–Kier alpha value is -5.94. The Balaban J connectivity index is 0.000000152. The molecule has 0 amide bonds. The molecule has 35 heteroatoms. The lowest BCUT2D eigenvalue weighted by atomic mass is 10.1. The van der Waals surface area contributed by atoms with Crippen LogP contribution in [0.1, 0.15) is 63.3 Å². The molecule has 8 aromatic heterocycles. The SMILES string of the molecule is C=P(C)(C)CC[C@H]1O[C@@H](n2c(N)nc3c(N)ccnc32)[C@H](O)[C@@H]1O.C=P(C)(C)CC[C@H]1O[C@@H](n2cnc3c(N)nc(C)nc32)[C@H](O)[C@@H]1O.C=P(C)(C)CC[C@H]1O[C@@H](n2cnc3c(NC)ccnc32)[C@H](O)[C@@H]1O.C=P(C)(C)CC[C@H]1O[C@@H](n2cnc3c(NCC)ncnc32)[C@H](O)[C@@H]1O. The number of rotatable bonds is 19. The first kappa shape index (κ1) is 75.3. The van der Waals surface area contributed by atoms with E-state index in [1.807, 2.05) is 20.0 Å². The second-order valence-corrected chi connectivity index (χ2v) is 45.2. The molecular weight excluding hydrogens is 1330 g/mol. The van der Waals surface area contributed by atoms with Crippen molar-refractivity contribution in [2.45, 2.75) is 138 Å². The number of anilines is 5. The number of nitrogens with one attached hydrogen (secondary N) is 2. The summed E-state index contributed by atoms with van der Waals surface area (Å²) in [6.45, 7) is 16.6. The molecule has 0 saturated carbocycles. The average molecular weight is 1430 g/mol. The summed E-state index contributed by atoms with van der Waals surface area (Å²) in [4.78, 5) is 42.6. The standard InChI is InChI=1S/C16H26N5O3P.C16H25N4O3P.2C15H24N5O3P/c1-5-17-14-11-15(19-8-18-14)21(9-20-11)16-13(23)12(22)10(24-16)6-7-25(2,3)4;1-17-10-5-7-18-15-12(10)19-9-20(15)16-14(22)13(21)11(23-16)6-8-24(2,3)4;1-8-18-13(16)10-14(19-8)20(7-17-10)15-12(22)11(21)9(23-15)5-6-24(2,3)4;1-24(2,3)7-5-9-11(21)12(22)14(23-9)20-13-10(19-15(20)17)8(16)4-6-18-13/h8-10,12-13,16,22-23H,2,5-7H2,1,3-4H3,(H,17,18,19);5,7,9,11,13-14,16,21-22H,2,6,8H2,1,3-4H3,(H,17,18);7,9,11-12,15,21-22H,2,5-6H2,1,3-4H3,(H2,16,18,19);4,6,9,11-12,14,21-22H,1,5,7H2,2-3H3,(H2,16,18)(H2,17,19)/t10-,12-,13-,16-;11-,13-,14-,16-;9-,11-,12-,15-;9-,11-,12-,14-/m1111/s1. The molecule has 0 unspecified atom stereocenters. The molecule has 12 heterocycles. The molecule has 31 nitrogen and oxygen atoms in total. The Morgan fingerprint density at radius 1 is 0.474 bits per heavy atom. The fraction of sp³-hybridized carbons (Fsp3) is 0.581. The van der Waals surface area contributed by atoms with Gasteiger partial charge in [-0.25, -0.2) is 49.8 Å². The van der Waals surface area contributed by atoms with Gasteiger partial charge in [-0.05, 0) is 130 Å². The van der Waals surface area contributed by atoms with Crippen molar-refractivity contribution in [3.63, 3.8) is 0 Å². The van der Waals surface area contributed by atoms with Crippen LogP contribution in [0.25, 0.3) is 44.7 Å². The molecule has 12 rings (SSSR count). The summed E-state index contributed by atoms with van der Waals surface area (Å²) < 4.78 is 30.2. The van der Waals surface area contributed by atoms with E-state index in [2.05, 4.69) is 139 Å². The highest BCUT2D eigenvalue weighted by atomic mass is 31.2. The first-order valence-electron chi connectivity index (χ1n) is 32.0. The fourth-order valence-corrected chi connectivity index (χ4v) is 15.7. The smallest absolute Gasteiger partial charge is 0.204 e. The van der Waals surface area contributed by atoms with Gasteiger partial charge in [0.05, 0.1) is 54.8 Å². The number of hydrogen-bond donors (Lipinski definition) is 13. The summed E-state index contributed by atoms with van der Waals surface area (Å²) in [6, 6.07) is 3.46. The molecule has 4 aliphatic heterocycles. The summed E-state index contributed by atoms with van der Waals surface area (Å²) in [5, 5.41) is 89.4. The highest BCUT2D eigenvalue weighted by molar-refractivity contribution is 7.73. The minimum atomic E-state index is -1.24. The van der Waals surface area contributed by atoms with Crippen LogP contribution in [0, 0.1) is 6.92 Å². The fourth-order valence-electron chi connectivity index (χ4n) is 11.9. The molecule has 4 fully saturated rings. The normalized spacial score (nSPS) is 27.6. The highest BCUT2D eigenvalue weighted by Gasteiger charge is 2.48. The van der Waals surface area contributed by atoms with Crippen molar-refractivity contribution in [2.75, 3.05) is 119 Å². The number of aryl methyl sites for hydroxylation is 1. The van der Waals surface area contributed by atoms with Gasteiger partial charge in [0, 0.05) is 26.0 Å². The van der Waals surface area contributed by atoms with E-state index < -0.39 is 126 Å². The van der Waals surface area contributed by atoms with Crippen molar-refractivity contribution in [1.29, 1.82) is 0 Å². The van der Waals surface area contributed by atoms with Crippen molar-refractivity contribution >= 4 is 126 Å². The van der Waals surface area contributed by atoms with Crippen LogP contribution in [0.2, 0.25) is 0 Å². The minimum Gasteiger partial charge on any atom is -0.397 e. The van der Waals surface area contributed by atoms with Gasteiger partial charge in [0.25, 0.3) is 0 Å². The van der Waals surface area contributed by atoms with Crippen LogP contribution in [0.3, 0.4) is 0 Å². The van der Waals surface area contributed by atoms with Gasteiger partial charge in [0.15, 0.2) is 64.7 Å². The minimum absolute atomic E-state index is 0.136. The van der Waals surface area contributed by atoms with Crippen molar-refractivity contribution in [2.24, 2.45) is 0 Å². The van der Waals surface area contributed by atoms with Crippen LogP contribution in [0.5, 0.6) is 0 Å². The summed E-state index contributed by atoms with van der Waals surface area (Å²) in [6.07, 6.45) is 19.4. The van der Waals surface area contributed by atoms with Crippen LogP contribution in [0.15, 0.2) is 49.8 Å². The van der Waals surface area contributed by atoms with Gasteiger partial charge < -0.3 is 87.6 Å². The summed E-state index contributed by atoms with van der Waals surface area (Å²) in [5.41, 5.74) is 23.4. The Morgan fingerprint density at radius 3 is 1.33 bits per heavy atom. The molecule has 0 spiro atoms. The van der Waals surface area contributed by atoms with E-state index in [1.165, 1.54) is 17.2 Å². The third-order valence-corrected chi connectivity index (χ3v) is 23.0. The molecule has 16 atom stereocenters. The Bertz CT molecular complexity index is 4220. The summed E-state index contributed by atoms with van der Waals surface area (Å²) in [5.74, 6) is 1.57. The lowest BCUT2D eigenvalue weighted by molar-refractivity contribution is -0.0353. The maximum atomic E-state index is 10.5. The second kappa shape index (κ2) is 30.5. The third-order valence-electron chi connectivity index (χ3n) is 17.1. The number of hydrogen-bond acceptors (Lipinski definition) is 27. The number of nitrogens with zero attached hydrogens (tertiary/aromatic N) is 14. The predicted molar refractivity (Wildman–Crippen MR) is 393 cm³/mol. The lowest BCUT2D eigenvalue weighted by Gasteiger charge is -2.19. The molecular formula is C62H99N19O12P4. The average Bonchev–Trinajstić information content (AvgIpc) is 1.58. The van der Waals surface area contributed by atoms with Gasteiger partial charge in [-0.2, -0.15) is 0 Å². The van der Waals surface area contributed by atoms with Gasteiger partial charge in [-0.3, -0.25) is 18.3 Å². The molecule has 534 valence electrons. The third kappa shape index (κ3) is 17.4. The molecule has 0 aliphatic carbocycles. The lowest BCUT2D eigenvalue weighted by Crippen LogP contribution is -2.32. The molecule has 16 N–H and O–H groups in total. The monoisotopic (exact) mass is 1430 g/mol. The molecule has 0 bridgehead atoms. The first-order valence-corrected chi connectivity index (χ1v) is 44.2. The van der Waals surface area contributed by atoms with Crippen molar-refractivity contribution in [3.05, 3.63) is 55.7 Å². The maximum absolute atomic E-state index is 10.5. The van der Waals surface area contributed by atoms with E-state index in [1.54, 1.807) is 51.7 Å². The van der Waals surface area contributed by atoms with Gasteiger partial charge in [0.1, 0.15) is 77.5 Å². The number of ether oxygens (including phenoxy) is 4. The van der Waals surface area contributed by atoms with Crippen LogP contribution >= 0.6 is 27.5 Å². The number of aliphatic hydroxyl groups is 8. The molecule has 0 aromatic carbocycles. The van der Waals surface area contributed by atoms with Crippen molar-refractivity contribution < 1.29 is 59.8 Å². The molecule has 8 aromatic rings. The van der Waals surface area contributed by atoms with Crippen molar-refractivity contribution in [1.82, 2.24) is 68.1 Å². The second-order valence-electron chi connectivity index (χ2n) is 27.9. The van der Waals surface area contributed by atoms with E-state index in [0.717, 1.165) is 30.3 Å². The molecule has 0 radical (unpaired) electrons. The number of imidazole rings is 4. The Morgan fingerprint density at radius 2 is 0.876 bits per heavy atom. The van der Waals surface area contributed by atoms with Crippen LogP contribution in [-0.2, 0) is 18.9 Å². The number of pyridine rings is 2. The highest BCUT2D eigenvalue weighted by Crippen LogP contribution is 2.45. The van der Waals surface area contributed by atoms with Gasteiger partial charge >= 0.3 is 0 Å². The largest absolute Gasteiger partial charge is 0.397 e. The molecule has 4 saturated heterocycles. The van der Waals surface area contributed by atoms with Crippen molar-refractivity contribution in [3.8, 4) is 0 Å². The quantitative estimate of drug-likeness (QED) is 0.0518. The zero-order valence-electron chi connectivity index (χ0n) is 57.0. The topological polar surface area (TPSA) is 450 Å². The van der Waals surface area contributed by atoms with Crippen LogP contribution in [-0.4, -0.2) is 299 Å². The van der Waals surface area contributed by atoms with Gasteiger partial charge in [0.2, 0.25) is 5.95 Å². The molecule has 97 heavy (non-hydrogen) atoms. The van der Waals surface area contributed by atoms with Gasteiger partial charge in [-0.1, -0.05) is 0 Å². The van der Waals surface area contributed by atoms with E-state index in [9.17, 15) is 40.9 Å².